The van der Waals surface area contributed by atoms with Gasteiger partial charge in [0.2, 0.25) is 11.7 Å². The van der Waals surface area contributed by atoms with Gasteiger partial charge in [-0.2, -0.15) is 4.98 Å². The van der Waals surface area contributed by atoms with Crippen LogP contribution < -0.4 is 5.73 Å². The summed E-state index contributed by atoms with van der Waals surface area (Å²) in [7, 11) is 1.72. The van der Waals surface area contributed by atoms with Crippen LogP contribution in [0, 0.1) is 11.8 Å². The minimum Gasteiger partial charge on any atom is -0.373 e. The first-order valence-corrected chi connectivity index (χ1v) is 7.25. The molecule has 1 aliphatic rings. The van der Waals surface area contributed by atoms with E-state index in [1.54, 1.807) is 7.11 Å². The first-order valence-electron chi connectivity index (χ1n) is 7.25. The number of aromatic nitrogens is 2. The highest BCUT2D eigenvalue weighted by Gasteiger charge is 2.30. The topological polar surface area (TPSA) is 74.2 Å². The number of rotatable bonds is 5. The average molecular weight is 267 g/mol. The fourth-order valence-electron chi connectivity index (χ4n) is 2.73. The third-order valence-electron chi connectivity index (χ3n) is 4.05. The zero-order valence-corrected chi connectivity index (χ0v) is 12.1. The van der Waals surface area contributed by atoms with Gasteiger partial charge in [-0.3, -0.25) is 0 Å². The second-order valence-electron chi connectivity index (χ2n) is 5.82. The summed E-state index contributed by atoms with van der Waals surface area (Å²) in [6.07, 6.45) is 6.15. The lowest BCUT2D eigenvalue weighted by molar-refractivity contribution is 0.0273. The number of hydrogen-bond acceptors (Lipinski definition) is 5. The molecule has 0 bridgehead atoms. The van der Waals surface area contributed by atoms with Gasteiger partial charge in [0, 0.05) is 7.11 Å². The number of hydrogen-bond donors (Lipinski definition) is 1. The maximum atomic E-state index is 6.03. The predicted molar refractivity (Wildman–Crippen MR) is 72.4 cm³/mol. The summed E-state index contributed by atoms with van der Waals surface area (Å²) < 4.78 is 10.9. The van der Waals surface area contributed by atoms with Gasteiger partial charge in [0.25, 0.3) is 0 Å². The van der Waals surface area contributed by atoms with E-state index < -0.39 is 0 Å². The lowest BCUT2D eigenvalue weighted by atomic mass is 9.85. The van der Waals surface area contributed by atoms with Crippen LogP contribution in [-0.2, 0) is 4.74 Å². The summed E-state index contributed by atoms with van der Waals surface area (Å²) in [6, 6.07) is -0.204. The molecule has 108 valence electrons. The maximum absolute atomic E-state index is 6.03. The Bertz CT molecular complexity index is 386. The molecule has 2 rings (SSSR count). The summed E-state index contributed by atoms with van der Waals surface area (Å²) in [6.45, 7) is 4.09. The molecule has 1 aliphatic carbocycles. The van der Waals surface area contributed by atoms with Crippen molar-refractivity contribution in [2.45, 2.75) is 58.1 Å². The first-order chi connectivity index (χ1) is 9.13. The van der Waals surface area contributed by atoms with Gasteiger partial charge in [-0.1, -0.05) is 38.3 Å². The van der Waals surface area contributed by atoms with Crippen LogP contribution in [0.3, 0.4) is 0 Å². The lowest BCUT2D eigenvalue weighted by Gasteiger charge is -2.26. The van der Waals surface area contributed by atoms with Crippen LogP contribution in [0.2, 0.25) is 0 Å². The quantitative estimate of drug-likeness (QED) is 0.887. The van der Waals surface area contributed by atoms with E-state index in [0.29, 0.717) is 17.6 Å². The Morgan fingerprint density at radius 3 is 2.53 bits per heavy atom. The first kappa shape index (κ1) is 14.5. The molecule has 0 amide bonds. The number of methoxy groups -OCH3 is 1. The van der Waals surface area contributed by atoms with Crippen LogP contribution in [0.1, 0.15) is 69.8 Å². The van der Waals surface area contributed by atoms with Gasteiger partial charge in [0.05, 0.1) is 6.04 Å². The second kappa shape index (κ2) is 6.48. The van der Waals surface area contributed by atoms with Crippen LogP contribution >= 0.6 is 0 Å². The van der Waals surface area contributed by atoms with Crippen molar-refractivity contribution in [3.8, 4) is 0 Å². The second-order valence-corrected chi connectivity index (χ2v) is 5.82. The zero-order valence-electron chi connectivity index (χ0n) is 12.1. The summed E-state index contributed by atoms with van der Waals surface area (Å²) in [5.41, 5.74) is 6.03. The fraction of sp³-hybridized carbons (Fsp3) is 0.857. The molecular weight excluding hydrogens is 242 g/mol. The van der Waals surface area contributed by atoms with Crippen molar-refractivity contribution in [2.75, 3.05) is 7.11 Å². The van der Waals surface area contributed by atoms with Crippen molar-refractivity contribution in [1.82, 2.24) is 10.1 Å². The van der Waals surface area contributed by atoms with E-state index in [1.807, 2.05) is 13.8 Å². The molecule has 1 fully saturated rings. The van der Waals surface area contributed by atoms with Gasteiger partial charge in [-0.15, -0.1) is 0 Å². The van der Waals surface area contributed by atoms with E-state index >= 15 is 0 Å². The monoisotopic (exact) mass is 267 g/mol. The Morgan fingerprint density at radius 2 is 1.95 bits per heavy atom. The molecule has 2 atom stereocenters. The molecule has 0 radical (unpaired) electrons. The summed E-state index contributed by atoms with van der Waals surface area (Å²) in [5, 5.41) is 4.07. The molecule has 1 saturated carbocycles. The van der Waals surface area contributed by atoms with Gasteiger partial charge in [0.15, 0.2) is 0 Å². The number of nitrogens with two attached hydrogens (primary N) is 1. The summed E-state index contributed by atoms with van der Waals surface area (Å²) >= 11 is 0. The van der Waals surface area contributed by atoms with Crippen LogP contribution in [0.15, 0.2) is 4.52 Å². The van der Waals surface area contributed by atoms with E-state index in [0.717, 1.165) is 0 Å². The highest BCUT2D eigenvalue weighted by molar-refractivity contribution is 4.98. The number of nitrogens with zero attached hydrogens (tertiary/aromatic N) is 2. The maximum Gasteiger partial charge on any atom is 0.243 e. The molecule has 1 heterocycles. The van der Waals surface area contributed by atoms with Crippen LogP contribution in [0.5, 0.6) is 0 Å². The minimum atomic E-state index is -0.204. The Hall–Kier alpha value is -0.940. The highest BCUT2D eigenvalue weighted by atomic mass is 16.5. The standard InChI is InChI=1S/C14H25N3O2/c1-9(2)11(15)14-16-13(17-19-14)12(18-3)10-7-5-4-6-8-10/h9-12H,4-8,15H2,1-3H3. The van der Waals surface area contributed by atoms with Crippen LogP contribution in [-0.4, -0.2) is 17.3 Å². The highest BCUT2D eigenvalue weighted by Crippen LogP contribution is 2.35. The van der Waals surface area contributed by atoms with Gasteiger partial charge in [-0.25, -0.2) is 0 Å². The van der Waals surface area contributed by atoms with Crippen molar-refractivity contribution < 1.29 is 9.26 Å². The predicted octanol–water partition coefficient (Wildman–Crippen LogP) is 2.99. The molecule has 2 unspecified atom stereocenters. The Kier molecular flexibility index (Phi) is 4.93. The van der Waals surface area contributed by atoms with Crippen LogP contribution in [0.25, 0.3) is 0 Å². The van der Waals surface area contributed by atoms with Gasteiger partial charge >= 0.3 is 0 Å². The van der Waals surface area contributed by atoms with E-state index in [2.05, 4.69) is 10.1 Å². The molecule has 2 N–H and O–H groups in total. The van der Waals surface area contributed by atoms with E-state index in [1.165, 1.54) is 32.1 Å². The van der Waals surface area contributed by atoms with Gasteiger partial charge in [-0.05, 0) is 24.7 Å². The largest absolute Gasteiger partial charge is 0.373 e. The van der Waals surface area contributed by atoms with E-state index in [-0.39, 0.29) is 18.1 Å². The lowest BCUT2D eigenvalue weighted by Crippen LogP contribution is -2.20. The molecule has 1 aromatic heterocycles. The SMILES string of the molecule is COC(c1noc(C(N)C(C)C)n1)C1CCCCC1. The fourth-order valence-corrected chi connectivity index (χ4v) is 2.73. The normalized spacial score (nSPS) is 20.7. The zero-order chi connectivity index (χ0) is 13.8. The molecule has 0 aromatic carbocycles. The Morgan fingerprint density at radius 1 is 1.26 bits per heavy atom. The Balaban J connectivity index is 2.10. The van der Waals surface area contributed by atoms with Crippen molar-refractivity contribution in [2.24, 2.45) is 17.6 Å². The van der Waals surface area contributed by atoms with Gasteiger partial charge in [0.1, 0.15) is 6.10 Å². The number of ether oxygens (including phenoxy) is 1. The molecule has 0 saturated heterocycles. The van der Waals surface area contributed by atoms with Crippen molar-refractivity contribution >= 4 is 0 Å². The molecule has 5 heteroatoms. The van der Waals surface area contributed by atoms with Gasteiger partial charge < -0.3 is 15.0 Å². The molecule has 1 aromatic rings. The van der Waals surface area contributed by atoms with Crippen molar-refractivity contribution in [3.05, 3.63) is 11.7 Å². The molecule has 5 nitrogen and oxygen atoms in total. The molecule has 0 spiro atoms. The Labute approximate surface area is 114 Å². The minimum absolute atomic E-state index is 0.0582. The summed E-state index contributed by atoms with van der Waals surface area (Å²) in [4.78, 5) is 4.45. The van der Waals surface area contributed by atoms with E-state index in [9.17, 15) is 0 Å². The van der Waals surface area contributed by atoms with Crippen LogP contribution in [0.4, 0.5) is 0 Å². The molecular formula is C14H25N3O2. The third kappa shape index (κ3) is 3.34. The van der Waals surface area contributed by atoms with Crippen molar-refractivity contribution in [3.63, 3.8) is 0 Å². The third-order valence-corrected chi connectivity index (χ3v) is 4.05. The average Bonchev–Trinajstić information content (AvgIpc) is 2.89. The molecule has 19 heavy (non-hydrogen) atoms. The van der Waals surface area contributed by atoms with Crippen molar-refractivity contribution in [1.29, 1.82) is 0 Å². The van der Waals surface area contributed by atoms with E-state index in [4.69, 9.17) is 15.0 Å². The summed E-state index contributed by atoms with van der Waals surface area (Å²) in [5.74, 6) is 1.95. The smallest absolute Gasteiger partial charge is 0.243 e. The molecule has 0 aliphatic heterocycles.